The van der Waals surface area contributed by atoms with E-state index in [1.54, 1.807) is 24.3 Å². The summed E-state index contributed by atoms with van der Waals surface area (Å²) in [4.78, 5) is 0. The monoisotopic (exact) mass is 566 g/mol. The van der Waals surface area contributed by atoms with Gasteiger partial charge in [-0.2, -0.15) is 21.0 Å². The summed E-state index contributed by atoms with van der Waals surface area (Å²) in [5.74, 6) is 0. The first-order valence-electron chi connectivity index (χ1n) is 10.3. The molecule has 0 heterocycles. The predicted octanol–water partition coefficient (Wildman–Crippen LogP) is 4.76. The van der Waals surface area contributed by atoms with E-state index in [2.05, 4.69) is 0 Å². The fourth-order valence-corrected chi connectivity index (χ4v) is 4.87. The summed E-state index contributed by atoms with van der Waals surface area (Å²) in [7, 11) is 0. The Morgan fingerprint density at radius 1 is 0.639 bits per heavy atom. The molecule has 36 heavy (non-hydrogen) atoms. The van der Waals surface area contributed by atoms with Crippen molar-refractivity contribution in [1.82, 2.24) is 0 Å². The van der Waals surface area contributed by atoms with Crippen molar-refractivity contribution in [3.8, 4) is 12.1 Å². The molecule has 6 atom stereocenters. The molecule has 0 radical (unpaired) electrons. The quantitative estimate of drug-likeness (QED) is 0.228. The molecule has 0 amide bonds. The van der Waals surface area contributed by atoms with Crippen molar-refractivity contribution in [3.05, 3.63) is 104 Å². The molecular formula is C24H18Cl4N4O4. The normalized spacial score (nSPS) is 16.2. The first kappa shape index (κ1) is 28.1. The summed E-state index contributed by atoms with van der Waals surface area (Å²) in [6, 6.07) is 18.8. The third-order valence-electron chi connectivity index (χ3n) is 5.48. The van der Waals surface area contributed by atoms with Crippen LogP contribution in [0.5, 0.6) is 0 Å². The number of nitriles is 2. The van der Waals surface area contributed by atoms with Gasteiger partial charge in [0.1, 0.15) is 0 Å². The van der Waals surface area contributed by atoms with Gasteiger partial charge in [-0.1, -0.05) is 36.4 Å². The fraction of sp³-hybridized carbons (Fsp3) is 0.167. The average molecular weight is 568 g/mol. The summed E-state index contributed by atoms with van der Waals surface area (Å²) >= 11 is 26.4. The lowest BCUT2D eigenvalue weighted by Gasteiger charge is -2.24. The Bertz CT molecular complexity index is 1230. The van der Waals surface area contributed by atoms with Crippen molar-refractivity contribution in [2.24, 2.45) is 0 Å². The molecule has 3 aromatic rings. The van der Waals surface area contributed by atoms with Crippen molar-refractivity contribution >= 4 is 57.8 Å². The van der Waals surface area contributed by atoms with E-state index in [0.717, 1.165) is 0 Å². The third kappa shape index (κ3) is 6.09. The topological polar surface area (TPSA) is 143 Å². The highest BCUT2D eigenvalue weighted by Gasteiger charge is 2.29. The minimum Gasteiger partial charge on any atom is -0.595 e. The molecule has 2 unspecified atom stereocenters. The second kappa shape index (κ2) is 12.2. The first-order valence-corrected chi connectivity index (χ1v) is 12.0. The fourth-order valence-electron chi connectivity index (χ4n) is 3.66. The smallest absolute Gasteiger partial charge is 0.169 e. The van der Waals surface area contributed by atoms with Crippen LogP contribution in [-0.2, 0) is 0 Å². The summed E-state index contributed by atoms with van der Waals surface area (Å²) in [6.45, 7) is 0. The van der Waals surface area contributed by atoms with Crippen LogP contribution in [0, 0.1) is 33.1 Å². The number of hydrogen-bond donors (Lipinski definition) is 4. The van der Waals surface area contributed by atoms with Gasteiger partial charge in [-0.25, -0.2) is 10.4 Å². The number of halogens is 4. The summed E-state index contributed by atoms with van der Waals surface area (Å²) < 4.78 is 0. The number of hydrogen-bond acceptors (Lipinski definition) is 6. The van der Waals surface area contributed by atoms with Crippen LogP contribution in [0.2, 0.25) is 0 Å². The molecule has 186 valence electrons. The van der Waals surface area contributed by atoms with Crippen LogP contribution >= 0.6 is 46.4 Å². The van der Waals surface area contributed by atoms with E-state index in [1.165, 1.54) is 36.4 Å². The molecule has 0 bridgehead atoms. The van der Waals surface area contributed by atoms with Crippen LogP contribution in [0.1, 0.15) is 54.9 Å². The summed E-state index contributed by atoms with van der Waals surface area (Å²) in [5, 5.41) is 54.6. The van der Waals surface area contributed by atoms with Gasteiger partial charge in [0.05, 0.1) is 44.8 Å². The van der Waals surface area contributed by atoms with E-state index in [0.29, 0.717) is 11.1 Å². The predicted molar refractivity (Wildman–Crippen MR) is 135 cm³/mol. The van der Waals surface area contributed by atoms with Crippen molar-refractivity contribution in [2.75, 3.05) is 0 Å². The zero-order valence-corrected chi connectivity index (χ0v) is 21.2. The minimum atomic E-state index is -1.24. The second-order valence-corrected chi connectivity index (χ2v) is 9.60. The van der Waals surface area contributed by atoms with Gasteiger partial charge in [0.15, 0.2) is 11.4 Å². The summed E-state index contributed by atoms with van der Waals surface area (Å²) in [5.41, 5.74) is 1.64. The maximum absolute atomic E-state index is 11.7. The van der Waals surface area contributed by atoms with E-state index >= 15 is 0 Å². The Labute approximate surface area is 226 Å². The van der Waals surface area contributed by atoms with Gasteiger partial charge in [-0.05, 0) is 23.3 Å². The molecule has 0 aromatic heterocycles. The van der Waals surface area contributed by atoms with Gasteiger partial charge in [0, 0.05) is 23.3 Å². The van der Waals surface area contributed by atoms with Crippen LogP contribution in [0.4, 0.5) is 11.4 Å². The summed E-state index contributed by atoms with van der Waals surface area (Å²) in [6.07, 6.45) is 0. The highest BCUT2D eigenvalue weighted by Crippen LogP contribution is 2.45. The minimum absolute atomic E-state index is 0.131. The Kier molecular flexibility index (Phi) is 9.53. The Morgan fingerprint density at radius 2 is 1.03 bits per heavy atom. The molecule has 0 fully saturated rings. The largest absolute Gasteiger partial charge is 0.595 e. The van der Waals surface area contributed by atoms with Gasteiger partial charge in [0.25, 0.3) is 0 Å². The lowest BCUT2D eigenvalue weighted by Crippen LogP contribution is -2.99. The maximum Gasteiger partial charge on any atom is 0.169 e. The molecule has 0 spiro atoms. The molecule has 4 N–H and O–H groups in total. The molecule has 8 nitrogen and oxygen atoms in total. The van der Waals surface area contributed by atoms with E-state index in [4.69, 9.17) is 56.9 Å². The van der Waals surface area contributed by atoms with E-state index in [-0.39, 0.29) is 33.6 Å². The van der Waals surface area contributed by atoms with Crippen molar-refractivity contribution in [1.29, 1.82) is 10.5 Å². The molecule has 0 aliphatic carbocycles. The van der Waals surface area contributed by atoms with Gasteiger partial charge < -0.3 is 10.4 Å². The number of nitrogens with zero attached hydrogens (tertiary/aromatic N) is 2. The molecule has 0 saturated carbocycles. The number of rotatable bonds is 8. The molecular weight excluding hydrogens is 550 g/mol. The number of benzene rings is 3. The molecule has 3 aromatic carbocycles. The molecule has 0 aliphatic rings. The number of nitrogens with one attached hydrogen (secondary N) is 2. The van der Waals surface area contributed by atoms with Crippen LogP contribution < -0.4 is 10.5 Å². The number of quaternary nitrogens is 2. The Hall–Kier alpha value is -2.44. The SMILES string of the molecule is N#Cc1ccc([C@@H](Cl)[C@@H](Cl)c2cccc([C@@H](Cl)[C@@H](Cl)c3ccc(C#N)cc3[NH+]([O-])O)c2)c([NH+]([O-])O)c1. The second-order valence-electron chi connectivity index (χ2n) is 7.72. The van der Waals surface area contributed by atoms with E-state index in [1.807, 2.05) is 12.1 Å². The highest BCUT2D eigenvalue weighted by molar-refractivity contribution is 6.31. The zero-order chi connectivity index (χ0) is 26.6. The standard InChI is InChI=1S/C24H18Cl4N4O4/c25-21(23(27)17-6-4-13(11-29)8-19(17)31(33)34)15-2-1-3-16(10-15)22(26)24(28)18-7-5-14(12-30)9-20(18)32(35)36/h1-10,21-24,31-33,35H/t21-,22+,23+,24-. The molecule has 0 aliphatic heterocycles. The van der Waals surface area contributed by atoms with Gasteiger partial charge >= 0.3 is 0 Å². The average Bonchev–Trinajstić information content (AvgIpc) is 2.90. The van der Waals surface area contributed by atoms with Gasteiger partial charge in [-0.3, -0.25) is 0 Å². The third-order valence-corrected chi connectivity index (χ3v) is 7.72. The highest BCUT2D eigenvalue weighted by atomic mass is 35.5. The van der Waals surface area contributed by atoms with Gasteiger partial charge in [0.2, 0.25) is 0 Å². The first-order chi connectivity index (χ1) is 17.1. The number of alkyl halides is 4. The Balaban J connectivity index is 1.92. The zero-order valence-electron chi connectivity index (χ0n) is 18.2. The van der Waals surface area contributed by atoms with E-state index in [9.17, 15) is 20.8 Å². The van der Waals surface area contributed by atoms with Crippen LogP contribution in [0.25, 0.3) is 0 Å². The molecule has 3 rings (SSSR count). The van der Waals surface area contributed by atoms with Crippen molar-refractivity contribution < 1.29 is 20.9 Å². The maximum atomic E-state index is 11.7. The molecule has 0 saturated heterocycles. The van der Waals surface area contributed by atoms with Crippen molar-refractivity contribution in [3.63, 3.8) is 0 Å². The Morgan fingerprint density at radius 3 is 1.36 bits per heavy atom. The lowest BCUT2D eigenvalue weighted by atomic mass is 9.96. The van der Waals surface area contributed by atoms with Gasteiger partial charge in [-0.15, -0.1) is 46.4 Å². The van der Waals surface area contributed by atoms with Crippen LogP contribution in [0.3, 0.4) is 0 Å². The van der Waals surface area contributed by atoms with Crippen LogP contribution in [-0.4, -0.2) is 10.4 Å². The van der Waals surface area contributed by atoms with E-state index < -0.39 is 32.0 Å². The van der Waals surface area contributed by atoms with Crippen molar-refractivity contribution in [2.45, 2.75) is 21.5 Å². The molecule has 12 heteroatoms. The van der Waals surface area contributed by atoms with Crippen LogP contribution in [0.15, 0.2) is 60.7 Å². The lowest BCUT2D eigenvalue weighted by molar-refractivity contribution is -0.991.